The fraction of sp³-hybridized carbons (Fsp3) is 0.348. The molecule has 0 amide bonds. The number of allylic oxidation sites excluding steroid dienone is 1. The van der Waals surface area contributed by atoms with E-state index in [4.69, 9.17) is 26.7 Å². The standard InChI is InChI=1S/C23H22ClN3O3/c1-14-16(10-27-11-18(12-27)23(28)29)3-2-15-7-20(4-5-21(14)15)30-13-19-6-17(8-25)22(24)9-26-19/h4-7,9,18H,2-3,10-13H2,1H3,(H,28,29). The third-order valence-electron chi connectivity index (χ3n) is 5.85. The van der Waals surface area contributed by atoms with E-state index in [1.165, 1.54) is 28.5 Å². The van der Waals surface area contributed by atoms with Crippen LogP contribution in [0.15, 0.2) is 36.0 Å². The van der Waals surface area contributed by atoms with Crippen LogP contribution in [0.5, 0.6) is 5.75 Å². The number of hydrogen-bond acceptors (Lipinski definition) is 5. The first-order valence-electron chi connectivity index (χ1n) is 9.89. The summed E-state index contributed by atoms with van der Waals surface area (Å²) in [5, 5.41) is 18.5. The molecular formula is C23H22ClN3O3. The first kappa shape index (κ1) is 20.4. The van der Waals surface area contributed by atoms with Gasteiger partial charge in [0.1, 0.15) is 18.4 Å². The zero-order valence-corrected chi connectivity index (χ0v) is 17.4. The minimum Gasteiger partial charge on any atom is -0.487 e. The first-order chi connectivity index (χ1) is 14.4. The molecule has 1 aromatic heterocycles. The van der Waals surface area contributed by atoms with E-state index in [0.717, 1.165) is 25.1 Å². The van der Waals surface area contributed by atoms with Crippen molar-refractivity contribution < 1.29 is 14.6 Å². The molecule has 30 heavy (non-hydrogen) atoms. The molecule has 1 fully saturated rings. The van der Waals surface area contributed by atoms with E-state index in [1.54, 1.807) is 6.07 Å². The molecular weight excluding hydrogens is 402 g/mol. The minimum absolute atomic E-state index is 0.221. The molecule has 1 saturated heterocycles. The number of nitriles is 1. The van der Waals surface area contributed by atoms with Gasteiger partial charge < -0.3 is 9.84 Å². The molecule has 4 rings (SSSR count). The van der Waals surface area contributed by atoms with Gasteiger partial charge in [0, 0.05) is 25.8 Å². The van der Waals surface area contributed by atoms with E-state index in [9.17, 15) is 4.79 Å². The summed E-state index contributed by atoms with van der Waals surface area (Å²) >= 11 is 5.92. The molecule has 0 radical (unpaired) electrons. The number of aliphatic carboxylic acids is 1. The quantitative estimate of drug-likeness (QED) is 0.757. The third kappa shape index (κ3) is 4.18. The van der Waals surface area contributed by atoms with Gasteiger partial charge in [0.15, 0.2) is 0 Å². The van der Waals surface area contributed by atoms with Crippen molar-refractivity contribution in [2.75, 3.05) is 19.6 Å². The summed E-state index contributed by atoms with van der Waals surface area (Å²) in [6, 6.07) is 9.81. The van der Waals surface area contributed by atoms with Gasteiger partial charge in [0.05, 0.1) is 22.2 Å². The van der Waals surface area contributed by atoms with Gasteiger partial charge in [-0.2, -0.15) is 5.26 Å². The fourth-order valence-corrected chi connectivity index (χ4v) is 4.17. The Kier molecular flexibility index (Phi) is 5.76. The molecule has 1 aliphatic carbocycles. The maximum absolute atomic E-state index is 11.0. The number of carbonyl (C=O) groups is 1. The molecule has 1 aliphatic heterocycles. The summed E-state index contributed by atoms with van der Waals surface area (Å²) in [4.78, 5) is 17.4. The van der Waals surface area contributed by atoms with Crippen LogP contribution < -0.4 is 4.74 Å². The van der Waals surface area contributed by atoms with Crippen molar-refractivity contribution in [1.82, 2.24) is 9.88 Å². The summed E-state index contributed by atoms with van der Waals surface area (Å²) in [5.41, 5.74) is 6.19. The number of fused-ring (bicyclic) bond motifs is 1. The average Bonchev–Trinajstić information content (AvgIpc) is 2.70. The van der Waals surface area contributed by atoms with Gasteiger partial charge >= 0.3 is 5.97 Å². The van der Waals surface area contributed by atoms with E-state index < -0.39 is 5.97 Å². The largest absolute Gasteiger partial charge is 0.487 e. The summed E-state index contributed by atoms with van der Waals surface area (Å²) in [5.74, 6) is -0.149. The number of rotatable bonds is 6. The van der Waals surface area contributed by atoms with E-state index in [2.05, 4.69) is 28.9 Å². The molecule has 0 unspecified atom stereocenters. The van der Waals surface area contributed by atoms with Gasteiger partial charge in [0.25, 0.3) is 0 Å². The number of carboxylic acid groups (broad SMARTS) is 1. The second kappa shape index (κ2) is 8.47. The van der Waals surface area contributed by atoms with Gasteiger partial charge in [-0.1, -0.05) is 23.2 Å². The van der Waals surface area contributed by atoms with Gasteiger partial charge in [-0.05, 0) is 54.7 Å². The van der Waals surface area contributed by atoms with Crippen molar-refractivity contribution in [3.05, 3.63) is 63.4 Å². The van der Waals surface area contributed by atoms with Crippen LogP contribution >= 0.6 is 11.6 Å². The Hall–Kier alpha value is -2.88. The van der Waals surface area contributed by atoms with Crippen LogP contribution in [0.3, 0.4) is 0 Å². The second-order valence-corrected chi connectivity index (χ2v) is 8.24. The van der Waals surface area contributed by atoms with Crippen molar-refractivity contribution >= 4 is 23.1 Å². The van der Waals surface area contributed by atoms with Gasteiger partial charge in [0.2, 0.25) is 0 Å². The van der Waals surface area contributed by atoms with Crippen molar-refractivity contribution in [2.24, 2.45) is 5.92 Å². The number of carboxylic acids is 1. The highest BCUT2D eigenvalue weighted by molar-refractivity contribution is 6.31. The van der Waals surface area contributed by atoms with Crippen molar-refractivity contribution in [3.8, 4) is 11.8 Å². The lowest BCUT2D eigenvalue weighted by atomic mass is 9.85. The summed E-state index contributed by atoms with van der Waals surface area (Å²) < 4.78 is 5.89. The highest BCUT2D eigenvalue weighted by Gasteiger charge is 2.33. The predicted octanol–water partition coefficient (Wildman–Crippen LogP) is 3.92. The Morgan fingerprint density at radius 1 is 1.37 bits per heavy atom. The zero-order valence-electron chi connectivity index (χ0n) is 16.7. The predicted molar refractivity (Wildman–Crippen MR) is 113 cm³/mol. The SMILES string of the molecule is CC1=C(CN2CC(C(=O)O)C2)CCc2cc(OCc3cc(C#N)c(Cl)cn3)ccc21. The lowest BCUT2D eigenvalue weighted by molar-refractivity contribution is -0.147. The number of nitrogens with zero attached hydrogens (tertiary/aromatic N) is 3. The van der Waals surface area contributed by atoms with Crippen LogP contribution in [0.1, 0.15) is 35.7 Å². The van der Waals surface area contributed by atoms with Crippen LogP contribution in [0.2, 0.25) is 5.02 Å². The smallest absolute Gasteiger partial charge is 0.309 e. The van der Waals surface area contributed by atoms with Gasteiger partial charge in [-0.15, -0.1) is 0 Å². The molecule has 154 valence electrons. The van der Waals surface area contributed by atoms with Gasteiger partial charge in [-0.3, -0.25) is 14.7 Å². The topological polar surface area (TPSA) is 86.5 Å². The average molecular weight is 424 g/mol. The first-order valence-corrected chi connectivity index (χ1v) is 10.3. The Labute approximate surface area is 180 Å². The number of aryl methyl sites for hydroxylation is 1. The van der Waals surface area contributed by atoms with E-state index in [-0.39, 0.29) is 12.5 Å². The fourth-order valence-electron chi connectivity index (χ4n) is 4.02. The number of pyridine rings is 1. The van der Waals surface area contributed by atoms with Crippen LogP contribution in [-0.4, -0.2) is 40.6 Å². The van der Waals surface area contributed by atoms with Crippen LogP contribution in [0.4, 0.5) is 0 Å². The second-order valence-electron chi connectivity index (χ2n) is 7.83. The van der Waals surface area contributed by atoms with Crippen LogP contribution in [0, 0.1) is 17.2 Å². The summed E-state index contributed by atoms with van der Waals surface area (Å²) in [7, 11) is 0. The Balaban J connectivity index is 1.42. The zero-order chi connectivity index (χ0) is 21.3. The maximum atomic E-state index is 11.0. The molecule has 1 aromatic carbocycles. The highest BCUT2D eigenvalue weighted by Crippen LogP contribution is 2.34. The maximum Gasteiger partial charge on any atom is 0.309 e. The van der Waals surface area contributed by atoms with Crippen molar-refractivity contribution in [3.63, 3.8) is 0 Å². The molecule has 0 bridgehead atoms. The molecule has 2 aliphatic rings. The lowest BCUT2D eigenvalue weighted by Crippen LogP contribution is -2.50. The summed E-state index contributed by atoms with van der Waals surface area (Å²) in [6.07, 6.45) is 3.38. The molecule has 6 nitrogen and oxygen atoms in total. The van der Waals surface area contributed by atoms with Gasteiger partial charge in [-0.25, -0.2) is 0 Å². The van der Waals surface area contributed by atoms with Crippen molar-refractivity contribution in [2.45, 2.75) is 26.4 Å². The number of halogens is 1. The molecule has 0 spiro atoms. The third-order valence-corrected chi connectivity index (χ3v) is 6.15. The van der Waals surface area contributed by atoms with E-state index in [1.807, 2.05) is 12.1 Å². The number of ether oxygens (including phenoxy) is 1. The normalized spacial score (nSPS) is 16.6. The molecule has 2 heterocycles. The van der Waals surface area contributed by atoms with E-state index >= 15 is 0 Å². The minimum atomic E-state index is -0.698. The van der Waals surface area contributed by atoms with E-state index in [0.29, 0.717) is 29.4 Å². The molecule has 2 aromatic rings. The molecule has 7 heteroatoms. The number of aromatic nitrogens is 1. The van der Waals surface area contributed by atoms with Crippen LogP contribution in [-0.2, 0) is 17.8 Å². The number of benzene rings is 1. The van der Waals surface area contributed by atoms with Crippen molar-refractivity contribution in [1.29, 1.82) is 5.26 Å². The summed E-state index contributed by atoms with van der Waals surface area (Å²) in [6.45, 7) is 4.53. The monoisotopic (exact) mass is 423 g/mol. The molecule has 0 atom stereocenters. The Morgan fingerprint density at radius 2 is 2.17 bits per heavy atom. The van der Waals surface area contributed by atoms with Crippen LogP contribution in [0.25, 0.3) is 5.57 Å². The number of likely N-dealkylation sites (tertiary alicyclic amines) is 1. The Bertz CT molecular complexity index is 1070. The molecule has 0 saturated carbocycles. The number of hydrogen-bond donors (Lipinski definition) is 1. The Morgan fingerprint density at radius 3 is 2.90 bits per heavy atom. The molecule has 1 N–H and O–H groups in total. The lowest BCUT2D eigenvalue weighted by Gasteiger charge is -2.38. The highest BCUT2D eigenvalue weighted by atomic mass is 35.5.